The zero-order valence-electron chi connectivity index (χ0n) is 8.40. The molecule has 0 amide bonds. The van der Waals surface area contributed by atoms with Gasteiger partial charge in [-0.1, -0.05) is 0 Å². The molecule has 3 nitrogen and oxygen atoms in total. The average molecular weight is 193 g/mol. The van der Waals surface area contributed by atoms with Crippen molar-refractivity contribution in [2.75, 3.05) is 13.2 Å². The summed E-state index contributed by atoms with van der Waals surface area (Å²) in [5, 5.41) is 0. The number of pyridine rings is 1. The first-order chi connectivity index (χ1) is 6.84. The Morgan fingerprint density at radius 3 is 2.93 bits per heavy atom. The summed E-state index contributed by atoms with van der Waals surface area (Å²) in [6.45, 7) is 3.60. The number of hydrogen-bond acceptors (Lipinski definition) is 3. The second-order valence-electron chi connectivity index (χ2n) is 3.56. The summed E-state index contributed by atoms with van der Waals surface area (Å²) in [5.41, 5.74) is 0.995. The highest BCUT2D eigenvalue weighted by molar-refractivity contribution is 5.22. The van der Waals surface area contributed by atoms with Crippen molar-refractivity contribution in [2.24, 2.45) is 0 Å². The van der Waals surface area contributed by atoms with Crippen molar-refractivity contribution in [1.82, 2.24) is 4.98 Å². The van der Waals surface area contributed by atoms with E-state index in [0.29, 0.717) is 6.10 Å². The van der Waals surface area contributed by atoms with Crippen molar-refractivity contribution in [3.8, 4) is 5.75 Å². The maximum absolute atomic E-state index is 5.82. The first-order valence-corrected chi connectivity index (χ1v) is 5.01. The van der Waals surface area contributed by atoms with Crippen LogP contribution in [-0.2, 0) is 4.74 Å². The van der Waals surface area contributed by atoms with E-state index in [0.717, 1.165) is 37.5 Å². The van der Waals surface area contributed by atoms with Crippen LogP contribution in [0.3, 0.4) is 0 Å². The smallest absolute Gasteiger partial charge is 0.123 e. The molecule has 2 heterocycles. The molecule has 0 unspecified atom stereocenters. The Bertz CT molecular complexity index is 295. The lowest BCUT2D eigenvalue weighted by Gasteiger charge is -2.23. The molecular weight excluding hydrogens is 178 g/mol. The Hall–Kier alpha value is -1.09. The second kappa shape index (κ2) is 4.42. The molecule has 14 heavy (non-hydrogen) atoms. The molecule has 0 saturated carbocycles. The molecule has 0 aliphatic carbocycles. The van der Waals surface area contributed by atoms with Gasteiger partial charge in [0.05, 0.1) is 13.2 Å². The average Bonchev–Trinajstić information content (AvgIpc) is 2.19. The van der Waals surface area contributed by atoms with E-state index in [4.69, 9.17) is 9.47 Å². The lowest BCUT2D eigenvalue weighted by molar-refractivity contribution is 0.0255. The van der Waals surface area contributed by atoms with Gasteiger partial charge in [0.15, 0.2) is 0 Å². The first-order valence-electron chi connectivity index (χ1n) is 5.01. The molecule has 0 N–H and O–H groups in total. The third-order valence-electron chi connectivity index (χ3n) is 2.34. The highest BCUT2D eigenvalue weighted by atomic mass is 16.5. The SMILES string of the molecule is Cc1cc(OC2CCOCC2)ccn1. The summed E-state index contributed by atoms with van der Waals surface area (Å²) in [4.78, 5) is 4.13. The van der Waals surface area contributed by atoms with Gasteiger partial charge in [-0.05, 0) is 13.0 Å². The molecule has 0 spiro atoms. The molecule has 3 heteroatoms. The monoisotopic (exact) mass is 193 g/mol. The Kier molecular flexibility index (Phi) is 2.99. The van der Waals surface area contributed by atoms with E-state index in [-0.39, 0.29) is 0 Å². The molecule has 1 aromatic heterocycles. The minimum Gasteiger partial charge on any atom is -0.490 e. The third-order valence-corrected chi connectivity index (χ3v) is 2.34. The lowest BCUT2D eigenvalue weighted by atomic mass is 10.1. The van der Waals surface area contributed by atoms with Crippen LogP contribution in [-0.4, -0.2) is 24.3 Å². The van der Waals surface area contributed by atoms with Gasteiger partial charge in [0.25, 0.3) is 0 Å². The van der Waals surface area contributed by atoms with Crippen LogP contribution < -0.4 is 4.74 Å². The predicted molar refractivity (Wildman–Crippen MR) is 53.4 cm³/mol. The summed E-state index contributed by atoms with van der Waals surface area (Å²) in [5.74, 6) is 0.921. The number of nitrogens with zero attached hydrogens (tertiary/aromatic N) is 1. The lowest BCUT2D eigenvalue weighted by Crippen LogP contribution is -2.25. The number of aromatic nitrogens is 1. The van der Waals surface area contributed by atoms with Crippen molar-refractivity contribution in [1.29, 1.82) is 0 Å². The Labute approximate surface area is 84.1 Å². The maximum atomic E-state index is 5.82. The summed E-state index contributed by atoms with van der Waals surface area (Å²) >= 11 is 0. The zero-order chi connectivity index (χ0) is 9.80. The van der Waals surface area contributed by atoms with Gasteiger partial charge in [-0.25, -0.2) is 0 Å². The van der Waals surface area contributed by atoms with Crippen LogP contribution in [0, 0.1) is 6.92 Å². The van der Waals surface area contributed by atoms with Gasteiger partial charge in [0.1, 0.15) is 11.9 Å². The Balaban J connectivity index is 1.95. The second-order valence-corrected chi connectivity index (χ2v) is 3.56. The van der Waals surface area contributed by atoms with Crippen molar-refractivity contribution in [3.05, 3.63) is 24.0 Å². The van der Waals surface area contributed by atoms with Crippen LogP contribution in [0.25, 0.3) is 0 Å². The van der Waals surface area contributed by atoms with Crippen molar-refractivity contribution < 1.29 is 9.47 Å². The molecular formula is C11H15NO2. The van der Waals surface area contributed by atoms with E-state index >= 15 is 0 Å². The molecule has 2 rings (SSSR count). The standard InChI is InChI=1S/C11H15NO2/c1-9-8-11(2-5-12-9)14-10-3-6-13-7-4-10/h2,5,8,10H,3-4,6-7H2,1H3. The van der Waals surface area contributed by atoms with E-state index in [1.807, 2.05) is 19.1 Å². The van der Waals surface area contributed by atoms with Gasteiger partial charge in [-0.15, -0.1) is 0 Å². The quantitative estimate of drug-likeness (QED) is 0.719. The number of ether oxygens (including phenoxy) is 2. The van der Waals surface area contributed by atoms with E-state index in [2.05, 4.69) is 4.98 Å². The van der Waals surface area contributed by atoms with Gasteiger partial charge in [0, 0.05) is 30.8 Å². The molecule has 1 aliphatic rings. The zero-order valence-corrected chi connectivity index (χ0v) is 8.40. The molecule has 0 bridgehead atoms. The maximum Gasteiger partial charge on any atom is 0.123 e. The van der Waals surface area contributed by atoms with Crippen molar-refractivity contribution >= 4 is 0 Å². The van der Waals surface area contributed by atoms with Crippen molar-refractivity contribution in [2.45, 2.75) is 25.9 Å². The highest BCUT2D eigenvalue weighted by Crippen LogP contribution is 2.17. The molecule has 1 aliphatic heterocycles. The molecule has 0 aromatic carbocycles. The largest absolute Gasteiger partial charge is 0.490 e. The molecule has 0 radical (unpaired) electrons. The minimum atomic E-state index is 0.311. The molecule has 1 saturated heterocycles. The van der Waals surface area contributed by atoms with Gasteiger partial charge < -0.3 is 9.47 Å². The van der Waals surface area contributed by atoms with E-state index in [1.54, 1.807) is 6.20 Å². The van der Waals surface area contributed by atoms with Gasteiger partial charge in [-0.3, -0.25) is 4.98 Å². The number of hydrogen-bond donors (Lipinski definition) is 0. The van der Waals surface area contributed by atoms with Crippen molar-refractivity contribution in [3.63, 3.8) is 0 Å². The van der Waals surface area contributed by atoms with Gasteiger partial charge >= 0.3 is 0 Å². The summed E-state index contributed by atoms with van der Waals surface area (Å²) in [6, 6.07) is 3.87. The van der Waals surface area contributed by atoms with Crippen LogP contribution in [0.5, 0.6) is 5.75 Å². The summed E-state index contributed by atoms with van der Waals surface area (Å²) < 4.78 is 11.1. The molecule has 1 aromatic rings. The first kappa shape index (κ1) is 9.46. The van der Waals surface area contributed by atoms with E-state index in [1.165, 1.54) is 0 Å². The fourth-order valence-corrected chi connectivity index (χ4v) is 1.58. The highest BCUT2D eigenvalue weighted by Gasteiger charge is 2.14. The van der Waals surface area contributed by atoms with Crippen LogP contribution in [0.4, 0.5) is 0 Å². The number of rotatable bonds is 2. The predicted octanol–water partition coefficient (Wildman–Crippen LogP) is 1.95. The van der Waals surface area contributed by atoms with Crippen LogP contribution in [0.15, 0.2) is 18.3 Å². The fraction of sp³-hybridized carbons (Fsp3) is 0.545. The minimum absolute atomic E-state index is 0.311. The van der Waals surface area contributed by atoms with E-state index < -0.39 is 0 Å². The normalized spacial score (nSPS) is 18.1. The molecule has 0 atom stereocenters. The summed E-state index contributed by atoms with van der Waals surface area (Å²) in [7, 11) is 0. The van der Waals surface area contributed by atoms with Gasteiger partial charge in [0.2, 0.25) is 0 Å². The van der Waals surface area contributed by atoms with Crippen LogP contribution in [0.2, 0.25) is 0 Å². The Morgan fingerprint density at radius 2 is 2.21 bits per heavy atom. The Morgan fingerprint density at radius 1 is 1.43 bits per heavy atom. The van der Waals surface area contributed by atoms with Crippen LogP contribution >= 0.6 is 0 Å². The molecule has 76 valence electrons. The van der Waals surface area contributed by atoms with E-state index in [9.17, 15) is 0 Å². The fourth-order valence-electron chi connectivity index (χ4n) is 1.58. The van der Waals surface area contributed by atoms with Gasteiger partial charge in [-0.2, -0.15) is 0 Å². The molecule has 1 fully saturated rings. The van der Waals surface area contributed by atoms with Crippen LogP contribution in [0.1, 0.15) is 18.5 Å². The third kappa shape index (κ3) is 2.45. The summed E-state index contributed by atoms with van der Waals surface area (Å²) in [6.07, 6.45) is 4.07. The topological polar surface area (TPSA) is 31.4 Å². The number of aryl methyl sites for hydroxylation is 1.